The Kier molecular flexibility index (Phi) is 4.39. The molecule has 1 heterocycles. The van der Waals surface area contributed by atoms with Crippen LogP contribution in [0.1, 0.15) is 25.7 Å². The fourth-order valence-corrected chi connectivity index (χ4v) is 2.96. The molecule has 0 unspecified atom stereocenters. The average molecular weight is 292 g/mol. The van der Waals surface area contributed by atoms with Gasteiger partial charge in [-0.3, -0.25) is 4.79 Å². The van der Waals surface area contributed by atoms with Gasteiger partial charge < -0.3 is 10.6 Å². The minimum atomic E-state index is -0.428. The van der Waals surface area contributed by atoms with Gasteiger partial charge in [-0.15, -0.1) is 11.3 Å². The Balaban J connectivity index is 2.11. The highest BCUT2D eigenvalue weighted by Crippen LogP contribution is 2.22. The van der Waals surface area contributed by atoms with Gasteiger partial charge >= 0.3 is 0 Å². The number of thiophene rings is 1. The Morgan fingerprint density at radius 2 is 2.10 bits per heavy atom. The molecule has 0 radical (unpaired) electrons. The molecular formula is C15H17FN2OS. The van der Waals surface area contributed by atoms with E-state index in [2.05, 4.69) is 23.6 Å². The zero-order valence-electron chi connectivity index (χ0n) is 11.7. The number of nitrogens with one attached hydrogen (secondary N) is 2. The third-order valence-corrected chi connectivity index (χ3v) is 4.30. The van der Waals surface area contributed by atoms with Crippen molar-refractivity contribution in [3.63, 3.8) is 0 Å². The Hall–Kier alpha value is -1.88. The van der Waals surface area contributed by atoms with Gasteiger partial charge in [-0.1, -0.05) is 6.07 Å². The third-order valence-electron chi connectivity index (χ3n) is 3.15. The van der Waals surface area contributed by atoms with E-state index in [4.69, 9.17) is 0 Å². The van der Waals surface area contributed by atoms with Crippen molar-refractivity contribution in [1.29, 1.82) is 0 Å². The molecule has 2 N–H and O–H groups in total. The normalized spacial score (nSPS) is 10.4. The molecule has 2 aromatic rings. The molecule has 0 fully saturated rings. The summed E-state index contributed by atoms with van der Waals surface area (Å²) in [6.07, 6.45) is 0. The van der Waals surface area contributed by atoms with Crippen LogP contribution in [0.5, 0.6) is 0 Å². The predicted molar refractivity (Wildman–Crippen MR) is 80.9 cm³/mol. The molecule has 1 aromatic carbocycles. The van der Waals surface area contributed by atoms with Crippen LogP contribution in [0, 0.1) is 19.7 Å². The lowest BCUT2D eigenvalue weighted by Crippen LogP contribution is -2.23. The lowest BCUT2D eigenvalue weighted by atomic mass is 10.1. The lowest BCUT2D eigenvalue weighted by molar-refractivity contribution is 0.0951. The predicted octanol–water partition coefficient (Wildman–Crippen LogP) is 3.48. The first kappa shape index (κ1) is 14.5. The second kappa shape index (κ2) is 6.05. The van der Waals surface area contributed by atoms with Crippen LogP contribution in [0.2, 0.25) is 0 Å². The third kappa shape index (κ3) is 2.99. The summed E-state index contributed by atoms with van der Waals surface area (Å²) in [6, 6.07) is 6.53. The van der Waals surface area contributed by atoms with E-state index in [9.17, 15) is 9.18 Å². The van der Waals surface area contributed by atoms with Crippen molar-refractivity contribution in [2.24, 2.45) is 0 Å². The Bertz CT molecular complexity index is 617. The number of carbonyl (C=O) groups is 1. The maximum Gasteiger partial charge on any atom is 0.253 e. The van der Waals surface area contributed by atoms with Crippen LogP contribution in [0.15, 0.2) is 24.3 Å². The monoisotopic (exact) mass is 292 g/mol. The molecule has 0 aliphatic carbocycles. The van der Waals surface area contributed by atoms with Gasteiger partial charge in [0.1, 0.15) is 5.82 Å². The number of hydrogen-bond acceptors (Lipinski definition) is 3. The summed E-state index contributed by atoms with van der Waals surface area (Å²) < 4.78 is 13.6. The van der Waals surface area contributed by atoms with Crippen molar-refractivity contribution in [3.05, 3.63) is 51.0 Å². The number of rotatable bonds is 4. The number of aryl methyl sites for hydroxylation is 2. The molecule has 0 aliphatic rings. The molecule has 1 amide bonds. The van der Waals surface area contributed by atoms with Crippen LogP contribution >= 0.6 is 11.3 Å². The molecule has 1 aromatic heterocycles. The second-order valence-corrected chi connectivity index (χ2v) is 5.89. The molecule has 0 saturated heterocycles. The summed E-state index contributed by atoms with van der Waals surface area (Å²) in [5.74, 6) is -0.708. The Labute approximate surface area is 121 Å². The van der Waals surface area contributed by atoms with Gasteiger partial charge in [0.15, 0.2) is 0 Å². The fourth-order valence-electron chi connectivity index (χ4n) is 1.97. The summed E-state index contributed by atoms with van der Waals surface area (Å²) in [4.78, 5) is 14.5. The van der Waals surface area contributed by atoms with E-state index in [1.54, 1.807) is 24.5 Å². The molecule has 0 aliphatic heterocycles. The highest BCUT2D eigenvalue weighted by atomic mass is 32.1. The van der Waals surface area contributed by atoms with Gasteiger partial charge in [0, 0.05) is 16.8 Å². The van der Waals surface area contributed by atoms with Crippen molar-refractivity contribution in [2.45, 2.75) is 20.4 Å². The number of anilines is 1. The van der Waals surface area contributed by atoms with Crippen molar-refractivity contribution in [1.82, 2.24) is 5.32 Å². The summed E-state index contributed by atoms with van der Waals surface area (Å²) in [5, 5.41) is 5.55. The second-order valence-electron chi connectivity index (χ2n) is 4.55. The van der Waals surface area contributed by atoms with Gasteiger partial charge in [-0.2, -0.15) is 0 Å². The van der Waals surface area contributed by atoms with E-state index < -0.39 is 5.82 Å². The minimum absolute atomic E-state index is 0.226. The summed E-state index contributed by atoms with van der Waals surface area (Å²) in [7, 11) is 1.60. The van der Waals surface area contributed by atoms with E-state index in [1.807, 2.05) is 6.92 Å². The number of amides is 1. The molecule has 0 saturated carbocycles. The van der Waals surface area contributed by atoms with Crippen LogP contribution in [0.3, 0.4) is 0 Å². The molecule has 3 nitrogen and oxygen atoms in total. The topological polar surface area (TPSA) is 41.1 Å². The van der Waals surface area contributed by atoms with Crippen LogP contribution in [0.4, 0.5) is 10.1 Å². The summed E-state index contributed by atoms with van der Waals surface area (Å²) in [6.45, 7) is 4.55. The van der Waals surface area contributed by atoms with Gasteiger partial charge in [0.25, 0.3) is 5.91 Å². The summed E-state index contributed by atoms with van der Waals surface area (Å²) >= 11 is 1.66. The lowest BCUT2D eigenvalue weighted by Gasteiger charge is -2.10. The maximum atomic E-state index is 13.6. The first-order valence-electron chi connectivity index (χ1n) is 6.33. The molecule has 0 spiro atoms. The van der Waals surface area contributed by atoms with E-state index in [0.717, 1.165) is 4.88 Å². The maximum absolute atomic E-state index is 13.6. The van der Waals surface area contributed by atoms with Gasteiger partial charge in [0.2, 0.25) is 0 Å². The standard InChI is InChI=1S/C15H17FN2OS/c1-9-7-11(20-10(9)2)8-18-15(19)12-5-4-6-13(16)14(12)17-3/h4-7,17H,8H2,1-3H3,(H,18,19). The Morgan fingerprint density at radius 3 is 2.70 bits per heavy atom. The molecule has 106 valence electrons. The number of para-hydroxylation sites is 1. The van der Waals surface area contributed by atoms with E-state index in [0.29, 0.717) is 12.1 Å². The largest absolute Gasteiger partial charge is 0.385 e. The number of carbonyl (C=O) groups excluding carboxylic acids is 1. The van der Waals surface area contributed by atoms with Gasteiger partial charge in [-0.05, 0) is 37.6 Å². The van der Waals surface area contributed by atoms with Crippen LogP contribution in [-0.4, -0.2) is 13.0 Å². The van der Waals surface area contributed by atoms with E-state index in [-0.39, 0.29) is 11.6 Å². The highest BCUT2D eigenvalue weighted by molar-refractivity contribution is 7.12. The molecular weight excluding hydrogens is 275 g/mol. The Morgan fingerprint density at radius 1 is 1.35 bits per heavy atom. The van der Waals surface area contributed by atoms with Crippen molar-refractivity contribution in [3.8, 4) is 0 Å². The first-order chi connectivity index (χ1) is 9.52. The molecule has 20 heavy (non-hydrogen) atoms. The smallest absolute Gasteiger partial charge is 0.253 e. The molecule has 5 heteroatoms. The van der Waals surface area contributed by atoms with Crippen LogP contribution in [0.25, 0.3) is 0 Å². The SMILES string of the molecule is CNc1c(F)cccc1C(=O)NCc1cc(C)c(C)s1. The zero-order chi connectivity index (χ0) is 14.7. The van der Waals surface area contributed by atoms with Gasteiger partial charge in [-0.25, -0.2) is 4.39 Å². The molecule has 2 rings (SSSR count). The summed E-state index contributed by atoms with van der Waals surface area (Å²) in [5.41, 5.74) is 1.77. The quantitative estimate of drug-likeness (QED) is 0.906. The minimum Gasteiger partial charge on any atom is -0.385 e. The van der Waals surface area contributed by atoms with Crippen molar-refractivity contribution in [2.75, 3.05) is 12.4 Å². The number of hydrogen-bond donors (Lipinski definition) is 2. The number of benzene rings is 1. The zero-order valence-corrected chi connectivity index (χ0v) is 12.5. The fraction of sp³-hybridized carbons (Fsp3) is 0.267. The average Bonchev–Trinajstić information content (AvgIpc) is 2.75. The van der Waals surface area contributed by atoms with Crippen molar-refractivity contribution >= 4 is 22.9 Å². The van der Waals surface area contributed by atoms with Gasteiger partial charge in [0.05, 0.1) is 17.8 Å². The first-order valence-corrected chi connectivity index (χ1v) is 7.15. The number of halogens is 1. The van der Waals surface area contributed by atoms with Crippen LogP contribution < -0.4 is 10.6 Å². The van der Waals surface area contributed by atoms with E-state index >= 15 is 0 Å². The highest BCUT2D eigenvalue weighted by Gasteiger charge is 2.14. The van der Waals surface area contributed by atoms with E-state index in [1.165, 1.54) is 22.6 Å². The molecule has 0 bridgehead atoms. The van der Waals surface area contributed by atoms with Crippen molar-refractivity contribution < 1.29 is 9.18 Å². The molecule has 0 atom stereocenters. The van der Waals surface area contributed by atoms with Crippen LogP contribution in [-0.2, 0) is 6.54 Å².